The molecule has 0 aliphatic carbocycles. The summed E-state index contributed by atoms with van der Waals surface area (Å²) < 4.78 is 6.63. The summed E-state index contributed by atoms with van der Waals surface area (Å²) in [7, 11) is 0. The van der Waals surface area contributed by atoms with Gasteiger partial charge in [-0.25, -0.2) is 9.67 Å². The van der Waals surface area contributed by atoms with Crippen LogP contribution in [0.1, 0.15) is 5.89 Å². The van der Waals surface area contributed by atoms with E-state index in [2.05, 4.69) is 20.2 Å². The summed E-state index contributed by atoms with van der Waals surface area (Å²) in [5, 5.41) is 7.89. The van der Waals surface area contributed by atoms with Crippen LogP contribution in [0.3, 0.4) is 0 Å². The molecule has 0 amide bonds. The maximum absolute atomic E-state index is 5.41. The molecule has 0 radical (unpaired) electrons. The summed E-state index contributed by atoms with van der Waals surface area (Å²) in [4.78, 5) is 8.05. The van der Waals surface area contributed by atoms with Gasteiger partial charge in [-0.15, -0.1) is 0 Å². The van der Waals surface area contributed by atoms with Gasteiger partial charge < -0.3 is 10.3 Å². The van der Waals surface area contributed by atoms with Crippen molar-refractivity contribution in [1.29, 1.82) is 0 Å². The molecular weight excluding hydrogens is 232 g/mol. The van der Waals surface area contributed by atoms with Gasteiger partial charge in [-0.2, -0.15) is 10.1 Å². The van der Waals surface area contributed by atoms with Gasteiger partial charge in [0, 0.05) is 5.56 Å². The van der Waals surface area contributed by atoms with E-state index in [9.17, 15) is 0 Å². The lowest BCUT2D eigenvalue weighted by Gasteiger charge is -2.00. The first-order valence-corrected chi connectivity index (χ1v) is 5.35. The molecule has 90 valence electrons. The Morgan fingerprint density at radius 3 is 2.67 bits per heavy atom. The average molecular weight is 242 g/mol. The molecule has 0 fully saturated rings. The number of nitrogens with two attached hydrogens (primary N) is 1. The third kappa shape index (κ3) is 1.87. The van der Waals surface area contributed by atoms with E-state index in [1.807, 2.05) is 24.3 Å². The van der Waals surface area contributed by atoms with Gasteiger partial charge in [-0.3, -0.25) is 0 Å². The van der Waals surface area contributed by atoms with Crippen molar-refractivity contribution in [3.05, 3.63) is 42.8 Å². The molecule has 2 N–H and O–H groups in total. The Bertz CT molecular complexity index is 628. The van der Waals surface area contributed by atoms with Crippen molar-refractivity contribution >= 4 is 0 Å². The number of hydrogen-bond acceptors (Lipinski definition) is 6. The van der Waals surface area contributed by atoms with Crippen molar-refractivity contribution in [3.63, 3.8) is 0 Å². The van der Waals surface area contributed by atoms with E-state index >= 15 is 0 Å². The molecular formula is C11H10N6O. The van der Waals surface area contributed by atoms with Crippen molar-refractivity contribution in [2.75, 3.05) is 0 Å². The van der Waals surface area contributed by atoms with E-state index in [0.29, 0.717) is 11.7 Å². The monoisotopic (exact) mass is 242 g/mol. The van der Waals surface area contributed by atoms with Gasteiger partial charge in [0.2, 0.25) is 11.7 Å². The van der Waals surface area contributed by atoms with Gasteiger partial charge in [-0.05, 0) is 24.3 Å². The highest BCUT2D eigenvalue weighted by molar-refractivity contribution is 5.56. The third-order valence-electron chi connectivity index (χ3n) is 2.45. The van der Waals surface area contributed by atoms with Crippen LogP contribution in [0, 0.1) is 0 Å². The predicted molar refractivity (Wildman–Crippen MR) is 62.5 cm³/mol. The predicted octanol–water partition coefficient (Wildman–Crippen LogP) is 0.776. The minimum Gasteiger partial charge on any atom is -0.338 e. The highest BCUT2D eigenvalue weighted by Crippen LogP contribution is 2.17. The summed E-state index contributed by atoms with van der Waals surface area (Å²) in [6, 6.07) is 7.59. The normalized spacial score (nSPS) is 10.7. The molecule has 7 heteroatoms. The summed E-state index contributed by atoms with van der Waals surface area (Å²) in [6.45, 7) is 0.240. The lowest BCUT2D eigenvalue weighted by molar-refractivity contribution is 0.380. The zero-order valence-corrected chi connectivity index (χ0v) is 9.39. The first-order chi connectivity index (χ1) is 8.86. The van der Waals surface area contributed by atoms with Gasteiger partial charge in [0.25, 0.3) is 0 Å². The highest BCUT2D eigenvalue weighted by atomic mass is 16.5. The highest BCUT2D eigenvalue weighted by Gasteiger charge is 2.07. The summed E-state index contributed by atoms with van der Waals surface area (Å²) in [6.07, 6.45) is 3.12. The van der Waals surface area contributed by atoms with Gasteiger partial charge >= 0.3 is 0 Å². The van der Waals surface area contributed by atoms with E-state index in [4.69, 9.17) is 10.3 Å². The van der Waals surface area contributed by atoms with Gasteiger partial charge in [0.1, 0.15) is 12.7 Å². The van der Waals surface area contributed by atoms with Crippen LogP contribution in [0.5, 0.6) is 0 Å². The lowest BCUT2D eigenvalue weighted by Crippen LogP contribution is -1.96. The SMILES string of the molecule is NCc1nc(-c2ccc(-n3cncn3)cc2)no1. The van der Waals surface area contributed by atoms with Gasteiger partial charge in [0.15, 0.2) is 0 Å². The van der Waals surface area contributed by atoms with Gasteiger partial charge in [0.05, 0.1) is 12.2 Å². The molecule has 3 aromatic rings. The average Bonchev–Trinajstić information content (AvgIpc) is 3.10. The largest absolute Gasteiger partial charge is 0.338 e. The third-order valence-corrected chi connectivity index (χ3v) is 2.45. The topological polar surface area (TPSA) is 95.7 Å². The fraction of sp³-hybridized carbons (Fsp3) is 0.0909. The second-order valence-corrected chi connectivity index (χ2v) is 3.60. The van der Waals surface area contributed by atoms with Crippen molar-refractivity contribution in [1.82, 2.24) is 24.9 Å². The fourth-order valence-electron chi connectivity index (χ4n) is 1.56. The quantitative estimate of drug-likeness (QED) is 0.729. The smallest absolute Gasteiger partial charge is 0.240 e. The van der Waals surface area contributed by atoms with Crippen molar-refractivity contribution in [3.8, 4) is 17.1 Å². The van der Waals surface area contributed by atoms with Crippen LogP contribution in [-0.2, 0) is 6.54 Å². The van der Waals surface area contributed by atoms with Crippen LogP contribution in [0.25, 0.3) is 17.1 Å². The molecule has 0 aliphatic rings. The number of hydrogen-bond donors (Lipinski definition) is 1. The molecule has 18 heavy (non-hydrogen) atoms. The van der Waals surface area contributed by atoms with Crippen molar-refractivity contribution in [2.45, 2.75) is 6.54 Å². The first-order valence-electron chi connectivity index (χ1n) is 5.35. The van der Waals surface area contributed by atoms with Crippen molar-refractivity contribution in [2.24, 2.45) is 5.73 Å². The minimum absolute atomic E-state index is 0.240. The molecule has 3 rings (SSSR count). The van der Waals surface area contributed by atoms with Crippen LogP contribution >= 0.6 is 0 Å². The van der Waals surface area contributed by atoms with Crippen LogP contribution in [0.2, 0.25) is 0 Å². The Hall–Kier alpha value is -2.54. The number of aromatic nitrogens is 5. The maximum atomic E-state index is 5.41. The molecule has 1 aromatic carbocycles. The summed E-state index contributed by atoms with van der Waals surface area (Å²) >= 11 is 0. The Kier molecular flexibility index (Phi) is 2.58. The molecule has 7 nitrogen and oxygen atoms in total. The Labute approximate surface area is 102 Å². The molecule has 0 atom stereocenters. The molecule has 2 aromatic heterocycles. The molecule has 0 saturated carbocycles. The van der Waals surface area contributed by atoms with Crippen LogP contribution in [0.15, 0.2) is 41.4 Å². The number of rotatable bonds is 3. The Morgan fingerprint density at radius 2 is 2.06 bits per heavy atom. The maximum Gasteiger partial charge on any atom is 0.240 e. The molecule has 0 spiro atoms. The zero-order chi connectivity index (χ0) is 12.4. The van der Waals surface area contributed by atoms with Crippen LogP contribution in [-0.4, -0.2) is 24.9 Å². The van der Waals surface area contributed by atoms with E-state index < -0.39 is 0 Å². The number of nitrogens with zero attached hydrogens (tertiary/aromatic N) is 5. The summed E-state index contributed by atoms with van der Waals surface area (Å²) in [5.41, 5.74) is 7.19. The molecule has 0 unspecified atom stereocenters. The molecule has 2 heterocycles. The second kappa shape index (κ2) is 4.38. The molecule has 0 bridgehead atoms. The number of benzene rings is 1. The minimum atomic E-state index is 0.240. The fourth-order valence-corrected chi connectivity index (χ4v) is 1.56. The second-order valence-electron chi connectivity index (χ2n) is 3.60. The standard InChI is InChI=1S/C11H10N6O/c12-5-10-15-11(16-18-10)8-1-3-9(4-2-8)17-7-13-6-14-17/h1-4,6-7H,5,12H2. The van der Waals surface area contributed by atoms with Crippen LogP contribution < -0.4 is 5.73 Å². The molecule has 0 saturated heterocycles. The Balaban J connectivity index is 1.91. The summed E-state index contributed by atoms with van der Waals surface area (Å²) in [5.74, 6) is 0.950. The lowest BCUT2D eigenvalue weighted by atomic mass is 10.2. The van der Waals surface area contributed by atoms with E-state index in [-0.39, 0.29) is 6.54 Å². The Morgan fingerprint density at radius 1 is 1.22 bits per heavy atom. The van der Waals surface area contributed by atoms with E-state index in [1.165, 1.54) is 6.33 Å². The van der Waals surface area contributed by atoms with E-state index in [1.54, 1.807) is 11.0 Å². The van der Waals surface area contributed by atoms with E-state index in [0.717, 1.165) is 11.3 Å². The van der Waals surface area contributed by atoms with Gasteiger partial charge in [-0.1, -0.05) is 5.16 Å². The zero-order valence-electron chi connectivity index (χ0n) is 9.39. The van der Waals surface area contributed by atoms with Crippen molar-refractivity contribution < 1.29 is 4.52 Å². The van der Waals surface area contributed by atoms with Crippen LogP contribution in [0.4, 0.5) is 0 Å². The first kappa shape index (κ1) is 10.6. The molecule has 0 aliphatic heterocycles.